The molecule has 0 saturated carbocycles. The number of aryl methyl sites for hydroxylation is 1. The van der Waals surface area contributed by atoms with Crippen LogP contribution in [-0.4, -0.2) is 27.8 Å². The molecule has 0 atom stereocenters. The quantitative estimate of drug-likeness (QED) is 0.363. The summed E-state index contributed by atoms with van der Waals surface area (Å²) in [5, 5.41) is 14.1. The van der Waals surface area contributed by atoms with Crippen molar-refractivity contribution in [2.75, 3.05) is 16.4 Å². The minimum atomic E-state index is -0.216. The number of carbonyl (C=O) groups excluding carboxylic acids is 2. The molecule has 0 radical (unpaired) electrons. The highest BCUT2D eigenvalue weighted by Crippen LogP contribution is 2.22. The Labute approximate surface area is 195 Å². The van der Waals surface area contributed by atoms with Crippen molar-refractivity contribution in [3.8, 4) is 0 Å². The van der Waals surface area contributed by atoms with Crippen molar-refractivity contribution >= 4 is 35.0 Å². The van der Waals surface area contributed by atoms with E-state index < -0.39 is 0 Å². The van der Waals surface area contributed by atoms with Crippen molar-refractivity contribution in [3.05, 3.63) is 101 Å². The molecule has 4 rings (SSSR count). The predicted molar refractivity (Wildman–Crippen MR) is 128 cm³/mol. The third-order valence-corrected chi connectivity index (χ3v) is 5.60. The lowest BCUT2D eigenvalue weighted by Gasteiger charge is -2.11. The zero-order chi connectivity index (χ0) is 23.0. The fourth-order valence-corrected chi connectivity index (χ4v) is 3.66. The van der Waals surface area contributed by atoms with Gasteiger partial charge in [-0.2, -0.15) is 0 Å². The molecule has 3 aromatic carbocycles. The van der Waals surface area contributed by atoms with E-state index >= 15 is 0 Å². The molecule has 0 fully saturated rings. The minimum Gasteiger partial charge on any atom is -0.416 e. The summed E-state index contributed by atoms with van der Waals surface area (Å²) in [6.45, 7) is 1.89. The zero-order valence-electron chi connectivity index (χ0n) is 17.9. The Hall–Kier alpha value is -3.91. The summed E-state index contributed by atoms with van der Waals surface area (Å²) in [4.78, 5) is 24.9. The number of thioether (sulfide) groups is 1. The molecule has 4 aromatic rings. The number of rotatable bonds is 8. The van der Waals surface area contributed by atoms with Crippen molar-refractivity contribution in [1.82, 2.24) is 10.2 Å². The van der Waals surface area contributed by atoms with Gasteiger partial charge in [0.25, 0.3) is 11.1 Å². The van der Waals surface area contributed by atoms with E-state index in [2.05, 4.69) is 20.8 Å². The Morgan fingerprint density at radius 3 is 2.39 bits per heavy atom. The molecule has 2 amide bonds. The van der Waals surface area contributed by atoms with E-state index in [0.717, 1.165) is 11.1 Å². The number of aromatic nitrogens is 2. The van der Waals surface area contributed by atoms with E-state index in [9.17, 15) is 9.59 Å². The van der Waals surface area contributed by atoms with Gasteiger partial charge in [0.05, 0.1) is 12.2 Å². The summed E-state index contributed by atoms with van der Waals surface area (Å²) in [6.07, 6.45) is 0.543. The van der Waals surface area contributed by atoms with Gasteiger partial charge in [-0.15, -0.1) is 10.2 Å². The lowest BCUT2D eigenvalue weighted by Crippen LogP contribution is -2.15. The highest BCUT2D eigenvalue weighted by atomic mass is 32.2. The normalized spacial score (nSPS) is 10.6. The van der Waals surface area contributed by atoms with Gasteiger partial charge >= 0.3 is 0 Å². The fourth-order valence-electron chi connectivity index (χ4n) is 3.08. The Morgan fingerprint density at radius 2 is 1.64 bits per heavy atom. The third-order valence-electron chi connectivity index (χ3n) is 4.78. The van der Waals surface area contributed by atoms with Crippen LogP contribution < -0.4 is 10.6 Å². The maximum atomic E-state index is 12.5. The molecular weight excluding hydrogens is 436 g/mol. The molecule has 1 aromatic heterocycles. The SMILES string of the molecule is Cc1ccc(NC(=O)CSc2nnc(Cc3ccccc3)o2)cc1NC(=O)c1ccccc1. The van der Waals surface area contributed by atoms with Crippen LogP contribution in [0.2, 0.25) is 0 Å². The van der Waals surface area contributed by atoms with Crippen LogP contribution in [0, 0.1) is 6.92 Å². The monoisotopic (exact) mass is 458 g/mol. The number of hydrogen-bond acceptors (Lipinski definition) is 6. The number of anilines is 2. The van der Waals surface area contributed by atoms with Gasteiger partial charge in [-0.05, 0) is 42.3 Å². The second-order valence-corrected chi connectivity index (χ2v) is 8.24. The van der Waals surface area contributed by atoms with Crippen molar-refractivity contribution in [2.24, 2.45) is 0 Å². The third kappa shape index (κ3) is 6.30. The second-order valence-electron chi connectivity index (χ2n) is 7.31. The zero-order valence-corrected chi connectivity index (χ0v) is 18.8. The smallest absolute Gasteiger partial charge is 0.277 e. The van der Waals surface area contributed by atoms with Gasteiger partial charge in [-0.1, -0.05) is 66.4 Å². The molecule has 1 heterocycles. The van der Waals surface area contributed by atoms with Gasteiger partial charge < -0.3 is 15.1 Å². The van der Waals surface area contributed by atoms with E-state index in [4.69, 9.17) is 4.42 Å². The molecule has 0 saturated heterocycles. The maximum Gasteiger partial charge on any atom is 0.277 e. The topological polar surface area (TPSA) is 97.1 Å². The summed E-state index contributed by atoms with van der Waals surface area (Å²) in [5.41, 5.74) is 3.75. The molecule has 166 valence electrons. The van der Waals surface area contributed by atoms with Gasteiger partial charge in [0.15, 0.2) is 0 Å². The van der Waals surface area contributed by atoms with Crippen molar-refractivity contribution in [1.29, 1.82) is 0 Å². The highest BCUT2D eigenvalue weighted by molar-refractivity contribution is 7.99. The first-order valence-corrected chi connectivity index (χ1v) is 11.3. The molecule has 8 heteroatoms. The highest BCUT2D eigenvalue weighted by Gasteiger charge is 2.12. The average Bonchev–Trinajstić information content (AvgIpc) is 3.28. The maximum absolute atomic E-state index is 12.5. The summed E-state index contributed by atoms with van der Waals surface area (Å²) in [6, 6.07) is 24.2. The van der Waals surface area contributed by atoms with E-state index in [0.29, 0.717) is 34.5 Å². The van der Waals surface area contributed by atoms with Crippen LogP contribution in [0.15, 0.2) is 88.5 Å². The van der Waals surface area contributed by atoms with Crippen LogP contribution in [0.1, 0.15) is 27.4 Å². The van der Waals surface area contributed by atoms with Crippen molar-refractivity contribution in [2.45, 2.75) is 18.6 Å². The molecule has 0 aliphatic heterocycles. The standard InChI is InChI=1S/C25H22N4O3S/c1-17-12-13-20(15-21(17)27-24(31)19-10-6-3-7-11-19)26-22(30)16-33-25-29-28-23(32-25)14-18-8-4-2-5-9-18/h2-13,15H,14,16H2,1H3,(H,26,30)(H,27,31). The largest absolute Gasteiger partial charge is 0.416 e. The number of hydrogen-bond donors (Lipinski definition) is 2. The first-order valence-electron chi connectivity index (χ1n) is 10.3. The lowest BCUT2D eigenvalue weighted by atomic mass is 10.1. The van der Waals surface area contributed by atoms with Gasteiger partial charge in [0, 0.05) is 16.9 Å². The summed E-state index contributed by atoms with van der Waals surface area (Å²) >= 11 is 1.17. The molecule has 0 aliphatic rings. The Bertz CT molecular complexity index is 1240. The van der Waals surface area contributed by atoms with Crippen LogP contribution in [0.5, 0.6) is 0 Å². The minimum absolute atomic E-state index is 0.118. The summed E-state index contributed by atoms with van der Waals surface area (Å²) < 4.78 is 5.62. The molecular formula is C25H22N4O3S. The molecule has 33 heavy (non-hydrogen) atoms. The number of carbonyl (C=O) groups is 2. The van der Waals surface area contributed by atoms with Crippen LogP contribution in [-0.2, 0) is 11.2 Å². The van der Waals surface area contributed by atoms with E-state index in [1.54, 1.807) is 24.3 Å². The van der Waals surface area contributed by atoms with E-state index in [-0.39, 0.29) is 17.6 Å². The molecule has 0 bridgehead atoms. The molecule has 7 nitrogen and oxygen atoms in total. The van der Waals surface area contributed by atoms with Crippen LogP contribution in [0.4, 0.5) is 11.4 Å². The van der Waals surface area contributed by atoms with Crippen molar-refractivity contribution in [3.63, 3.8) is 0 Å². The van der Waals surface area contributed by atoms with Crippen molar-refractivity contribution < 1.29 is 14.0 Å². The second kappa shape index (κ2) is 10.6. The van der Waals surface area contributed by atoms with Gasteiger partial charge in [0.1, 0.15) is 0 Å². The number of nitrogens with zero attached hydrogens (tertiary/aromatic N) is 2. The summed E-state index contributed by atoms with van der Waals surface area (Å²) in [7, 11) is 0. The van der Waals surface area contributed by atoms with E-state index in [1.807, 2.05) is 61.5 Å². The van der Waals surface area contributed by atoms with E-state index in [1.165, 1.54) is 11.8 Å². The average molecular weight is 459 g/mol. The van der Waals surface area contributed by atoms with Gasteiger partial charge in [-0.3, -0.25) is 9.59 Å². The Balaban J connectivity index is 1.31. The molecule has 0 unspecified atom stereocenters. The lowest BCUT2D eigenvalue weighted by molar-refractivity contribution is -0.113. The Kier molecular flexibility index (Phi) is 7.16. The van der Waals surface area contributed by atoms with Crippen LogP contribution >= 0.6 is 11.8 Å². The first-order chi connectivity index (χ1) is 16.1. The van der Waals surface area contributed by atoms with Gasteiger partial charge in [-0.25, -0.2) is 0 Å². The Morgan fingerprint density at radius 1 is 0.909 bits per heavy atom. The molecule has 0 aliphatic carbocycles. The van der Waals surface area contributed by atoms with Gasteiger partial charge in [0.2, 0.25) is 11.8 Å². The molecule has 0 spiro atoms. The summed E-state index contributed by atoms with van der Waals surface area (Å²) in [5.74, 6) is 0.195. The number of amides is 2. The fraction of sp³-hybridized carbons (Fsp3) is 0.120. The number of nitrogens with one attached hydrogen (secondary N) is 2. The predicted octanol–water partition coefficient (Wildman–Crippen LogP) is 4.95. The molecule has 2 N–H and O–H groups in total. The van der Waals surface area contributed by atoms with Crippen LogP contribution in [0.25, 0.3) is 0 Å². The number of benzene rings is 3. The van der Waals surface area contributed by atoms with Crippen LogP contribution in [0.3, 0.4) is 0 Å². The first kappa shape index (κ1) is 22.3.